The van der Waals surface area contributed by atoms with E-state index in [4.69, 9.17) is 16.3 Å². The normalized spacial score (nSPS) is 24.8. The predicted octanol–water partition coefficient (Wildman–Crippen LogP) is 2.36. The number of ether oxygens (including phenoxy) is 1. The maximum absolute atomic E-state index is 14.0. The lowest BCUT2D eigenvalue weighted by Gasteiger charge is -2.34. The highest BCUT2D eigenvalue weighted by Crippen LogP contribution is 2.24. The summed E-state index contributed by atoms with van der Waals surface area (Å²) in [6.45, 7) is 4.04. The summed E-state index contributed by atoms with van der Waals surface area (Å²) >= 11 is 5.61. The Morgan fingerprint density at radius 2 is 1.95 bits per heavy atom. The van der Waals surface area contributed by atoms with E-state index in [9.17, 15) is 12.8 Å². The molecule has 0 radical (unpaired) electrons. The summed E-state index contributed by atoms with van der Waals surface area (Å²) < 4.78 is 45.7. The second kappa shape index (κ2) is 5.97. The second-order valence-corrected chi connectivity index (χ2v) is 7.15. The molecule has 0 bridgehead atoms. The highest BCUT2D eigenvalue weighted by atomic mass is 35.5. The maximum atomic E-state index is 14.0. The maximum Gasteiger partial charge on any atom is 0.246 e. The molecule has 0 spiro atoms. The van der Waals surface area contributed by atoms with Crippen molar-refractivity contribution < 1.29 is 17.5 Å². The molecular weight excluding hydrogens is 305 g/mol. The number of hydrogen-bond donors (Lipinski definition) is 0. The Morgan fingerprint density at radius 1 is 1.35 bits per heavy atom. The molecule has 1 aliphatic rings. The number of hydrogen-bond acceptors (Lipinski definition) is 3. The van der Waals surface area contributed by atoms with Gasteiger partial charge in [-0.3, -0.25) is 0 Å². The minimum Gasteiger partial charge on any atom is -0.373 e. The van der Waals surface area contributed by atoms with Gasteiger partial charge >= 0.3 is 0 Å². The first-order valence-electron chi connectivity index (χ1n) is 6.34. The van der Waals surface area contributed by atoms with Crippen LogP contribution < -0.4 is 0 Å². The van der Waals surface area contributed by atoms with Crippen molar-refractivity contribution in [3.05, 3.63) is 29.6 Å². The smallest absolute Gasteiger partial charge is 0.246 e. The third-order valence-corrected chi connectivity index (χ3v) is 5.33. The lowest BCUT2D eigenvalue weighted by atomic mass is 10.2. The summed E-state index contributed by atoms with van der Waals surface area (Å²) in [7, 11) is -3.85. The third kappa shape index (κ3) is 3.14. The largest absolute Gasteiger partial charge is 0.373 e. The molecule has 1 aliphatic heterocycles. The monoisotopic (exact) mass is 321 g/mol. The highest BCUT2D eigenvalue weighted by molar-refractivity contribution is 7.89. The van der Waals surface area contributed by atoms with Crippen LogP contribution in [-0.2, 0) is 20.6 Å². The first kappa shape index (κ1) is 15.7. The quantitative estimate of drug-likeness (QED) is 0.803. The number of sulfonamides is 1. The van der Waals surface area contributed by atoms with E-state index in [0.29, 0.717) is 5.56 Å². The van der Waals surface area contributed by atoms with Crippen molar-refractivity contribution >= 4 is 21.6 Å². The fourth-order valence-electron chi connectivity index (χ4n) is 2.30. The van der Waals surface area contributed by atoms with Gasteiger partial charge in [-0.1, -0.05) is 6.07 Å². The first-order valence-corrected chi connectivity index (χ1v) is 8.32. The van der Waals surface area contributed by atoms with Gasteiger partial charge in [0.25, 0.3) is 0 Å². The molecule has 2 rings (SSSR count). The van der Waals surface area contributed by atoms with Crippen LogP contribution in [0.2, 0.25) is 0 Å². The molecule has 0 amide bonds. The van der Waals surface area contributed by atoms with Gasteiger partial charge in [-0.05, 0) is 31.5 Å². The number of morpholine rings is 1. The SMILES string of the molecule is C[C@@H]1CN(S(=O)(=O)c2ccc(CCl)cc2F)C[C@H](C)O1. The molecule has 2 atom stereocenters. The van der Waals surface area contributed by atoms with E-state index >= 15 is 0 Å². The topological polar surface area (TPSA) is 46.6 Å². The zero-order chi connectivity index (χ0) is 14.9. The van der Waals surface area contributed by atoms with E-state index in [-0.39, 0.29) is 36.1 Å². The van der Waals surface area contributed by atoms with Crippen LogP contribution >= 0.6 is 11.6 Å². The van der Waals surface area contributed by atoms with Crippen LogP contribution in [0.25, 0.3) is 0 Å². The standard InChI is InChI=1S/C13H17ClFNO3S/c1-9-7-16(8-10(2)19-9)20(17,18)13-4-3-11(6-14)5-12(13)15/h3-5,9-10H,6-8H2,1-2H3/t9-,10+. The van der Waals surface area contributed by atoms with E-state index < -0.39 is 15.8 Å². The van der Waals surface area contributed by atoms with Crippen LogP contribution in [0.15, 0.2) is 23.1 Å². The zero-order valence-electron chi connectivity index (χ0n) is 11.3. The molecule has 1 heterocycles. The van der Waals surface area contributed by atoms with E-state index in [2.05, 4.69) is 0 Å². The van der Waals surface area contributed by atoms with Crippen molar-refractivity contribution in [2.45, 2.75) is 36.8 Å². The lowest BCUT2D eigenvalue weighted by Crippen LogP contribution is -2.48. The van der Waals surface area contributed by atoms with Crippen LogP contribution in [-0.4, -0.2) is 38.0 Å². The third-order valence-electron chi connectivity index (χ3n) is 3.15. The van der Waals surface area contributed by atoms with Crippen molar-refractivity contribution in [2.24, 2.45) is 0 Å². The predicted molar refractivity (Wildman–Crippen MR) is 74.7 cm³/mol. The van der Waals surface area contributed by atoms with Crippen LogP contribution in [0, 0.1) is 5.82 Å². The van der Waals surface area contributed by atoms with Crippen molar-refractivity contribution in [2.75, 3.05) is 13.1 Å². The van der Waals surface area contributed by atoms with Crippen LogP contribution in [0.3, 0.4) is 0 Å². The van der Waals surface area contributed by atoms with Gasteiger partial charge in [-0.15, -0.1) is 11.6 Å². The summed E-state index contributed by atoms with van der Waals surface area (Å²) in [6.07, 6.45) is -0.419. The molecule has 112 valence electrons. The van der Waals surface area contributed by atoms with Gasteiger partial charge in [0.1, 0.15) is 10.7 Å². The molecule has 4 nitrogen and oxygen atoms in total. The number of nitrogens with zero attached hydrogens (tertiary/aromatic N) is 1. The van der Waals surface area contributed by atoms with Crippen molar-refractivity contribution in [1.29, 1.82) is 0 Å². The van der Waals surface area contributed by atoms with Crippen LogP contribution in [0.5, 0.6) is 0 Å². The van der Waals surface area contributed by atoms with Crippen LogP contribution in [0.1, 0.15) is 19.4 Å². The minimum absolute atomic E-state index is 0.142. The molecule has 0 saturated carbocycles. The van der Waals surface area contributed by atoms with E-state index in [1.807, 2.05) is 0 Å². The Kier molecular flexibility index (Phi) is 4.69. The van der Waals surface area contributed by atoms with Crippen LogP contribution in [0.4, 0.5) is 4.39 Å². The number of alkyl halides is 1. The summed E-state index contributed by atoms with van der Waals surface area (Å²) in [5, 5.41) is 0. The molecule has 0 aromatic heterocycles. The second-order valence-electron chi connectivity index (χ2n) is 4.98. The Bertz CT molecular complexity index is 583. The molecule has 7 heteroatoms. The summed E-state index contributed by atoms with van der Waals surface area (Å²) in [5.74, 6) is -0.627. The number of halogens is 2. The average molecular weight is 322 g/mol. The van der Waals surface area contributed by atoms with Gasteiger partial charge in [-0.25, -0.2) is 12.8 Å². The molecule has 0 unspecified atom stereocenters. The summed E-state index contributed by atoms with van der Waals surface area (Å²) in [4.78, 5) is -0.312. The highest BCUT2D eigenvalue weighted by Gasteiger charge is 2.33. The Balaban J connectivity index is 2.35. The molecule has 20 heavy (non-hydrogen) atoms. The van der Waals surface area contributed by atoms with Gasteiger partial charge in [0.05, 0.1) is 12.2 Å². The molecule has 1 fully saturated rings. The number of rotatable bonds is 3. The average Bonchev–Trinajstić information content (AvgIpc) is 2.37. The van der Waals surface area contributed by atoms with Crippen molar-refractivity contribution in [1.82, 2.24) is 4.31 Å². The number of benzene rings is 1. The van der Waals surface area contributed by atoms with Crippen molar-refractivity contribution in [3.63, 3.8) is 0 Å². The van der Waals surface area contributed by atoms with E-state index in [1.165, 1.54) is 16.4 Å². The molecular formula is C13H17ClFNO3S. The zero-order valence-corrected chi connectivity index (χ0v) is 12.9. The van der Waals surface area contributed by atoms with Gasteiger partial charge in [0, 0.05) is 19.0 Å². The lowest BCUT2D eigenvalue weighted by molar-refractivity contribution is -0.0441. The molecule has 0 N–H and O–H groups in total. The fraction of sp³-hybridized carbons (Fsp3) is 0.538. The van der Waals surface area contributed by atoms with E-state index in [0.717, 1.165) is 6.07 Å². The van der Waals surface area contributed by atoms with Crippen molar-refractivity contribution in [3.8, 4) is 0 Å². The van der Waals surface area contributed by atoms with Gasteiger partial charge in [0.15, 0.2) is 0 Å². The molecule has 1 aromatic carbocycles. The van der Waals surface area contributed by atoms with Gasteiger partial charge < -0.3 is 4.74 Å². The Hall–Kier alpha value is -0.690. The molecule has 1 saturated heterocycles. The fourth-order valence-corrected chi connectivity index (χ4v) is 4.10. The first-order chi connectivity index (χ1) is 9.34. The summed E-state index contributed by atoms with van der Waals surface area (Å²) in [5.41, 5.74) is 0.548. The Labute approximate surface area is 123 Å². The van der Waals surface area contributed by atoms with Gasteiger partial charge in [0.2, 0.25) is 10.0 Å². The van der Waals surface area contributed by atoms with E-state index in [1.54, 1.807) is 13.8 Å². The minimum atomic E-state index is -3.85. The summed E-state index contributed by atoms with van der Waals surface area (Å²) in [6, 6.07) is 3.95. The molecule has 1 aromatic rings. The molecule has 0 aliphatic carbocycles. The van der Waals surface area contributed by atoms with Gasteiger partial charge in [-0.2, -0.15) is 4.31 Å². The Morgan fingerprint density at radius 3 is 2.45 bits per heavy atom.